The van der Waals surface area contributed by atoms with Crippen LogP contribution in [0.25, 0.3) is 0 Å². The molecule has 1 saturated heterocycles. The van der Waals surface area contributed by atoms with Crippen LogP contribution in [0.1, 0.15) is 32.3 Å². The molecule has 5 heteroatoms. The topological polar surface area (TPSA) is 70.2 Å². The van der Waals surface area contributed by atoms with Gasteiger partial charge in [-0.15, -0.1) is 0 Å². The number of rotatable bonds is 3. The first-order valence-electron chi connectivity index (χ1n) is 6.96. The van der Waals surface area contributed by atoms with Crippen molar-refractivity contribution in [3.63, 3.8) is 0 Å². The number of hydrogen-bond donors (Lipinski definition) is 0. The summed E-state index contributed by atoms with van der Waals surface area (Å²) < 4.78 is 0. The van der Waals surface area contributed by atoms with Crippen molar-refractivity contribution in [1.82, 2.24) is 0 Å². The van der Waals surface area contributed by atoms with Gasteiger partial charge in [0.15, 0.2) is 0 Å². The molecule has 1 fully saturated rings. The Labute approximate surface area is 119 Å². The van der Waals surface area contributed by atoms with E-state index in [2.05, 4.69) is 18.7 Å². The molecule has 0 saturated carbocycles. The van der Waals surface area contributed by atoms with Gasteiger partial charge in [0.05, 0.1) is 4.92 Å². The summed E-state index contributed by atoms with van der Waals surface area (Å²) in [5, 5.41) is 19.9. The molecule has 0 radical (unpaired) electrons. The molecule has 0 amide bonds. The lowest BCUT2D eigenvalue weighted by Crippen LogP contribution is -2.35. The third-order valence-corrected chi connectivity index (χ3v) is 4.14. The normalized spacial score (nSPS) is 16.2. The molecular formula is C15H19N3O2. The van der Waals surface area contributed by atoms with Gasteiger partial charge >= 0.3 is 0 Å². The van der Waals surface area contributed by atoms with E-state index in [1.165, 1.54) is 6.07 Å². The van der Waals surface area contributed by atoms with Gasteiger partial charge in [0.25, 0.3) is 5.69 Å². The van der Waals surface area contributed by atoms with Crippen LogP contribution in [0.2, 0.25) is 0 Å². The Morgan fingerprint density at radius 3 is 2.55 bits per heavy atom. The van der Waals surface area contributed by atoms with Crippen molar-refractivity contribution in [2.75, 3.05) is 18.0 Å². The molecule has 2 rings (SSSR count). The lowest BCUT2D eigenvalue weighted by molar-refractivity contribution is -0.385. The first-order valence-corrected chi connectivity index (χ1v) is 6.96. The summed E-state index contributed by atoms with van der Waals surface area (Å²) in [6.07, 6.45) is 2.27. The molecule has 5 nitrogen and oxygen atoms in total. The van der Waals surface area contributed by atoms with Crippen LogP contribution in [0.4, 0.5) is 11.4 Å². The number of nitro groups is 1. The SMILES string of the molecule is CC(C)C1CCN(c2ccc([N+](=O)[O-])c(C#N)c2)CC1. The fourth-order valence-electron chi connectivity index (χ4n) is 2.79. The Bertz CT molecular complexity index is 541. The van der Waals surface area contributed by atoms with Gasteiger partial charge < -0.3 is 4.90 Å². The maximum Gasteiger partial charge on any atom is 0.287 e. The molecule has 1 heterocycles. The van der Waals surface area contributed by atoms with E-state index >= 15 is 0 Å². The average molecular weight is 273 g/mol. The Balaban J connectivity index is 2.15. The van der Waals surface area contributed by atoms with Crippen LogP contribution in [0, 0.1) is 33.3 Å². The molecule has 0 bridgehead atoms. The lowest BCUT2D eigenvalue weighted by atomic mass is 9.86. The van der Waals surface area contributed by atoms with Gasteiger partial charge in [-0.05, 0) is 36.8 Å². The van der Waals surface area contributed by atoms with Crippen molar-refractivity contribution in [2.45, 2.75) is 26.7 Å². The van der Waals surface area contributed by atoms with E-state index in [0.717, 1.165) is 37.5 Å². The average Bonchev–Trinajstić information content (AvgIpc) is 2.46. The quantitative estimate of drug-likeness (QED) is 0.625. The van der Waals surface area contributed by atoms with Crippen molar-refractivity contribution in [3.8, 4) is 6.07 Å². The molecule has 1 aliphatic rings. The molecule has 1 aliphatic heterocycles. The first-order chi connectivity index (χ1) is 9.52. The summed E-state index contributed by atoms with van der Waals surface area (Å²) in [6, 6.07) is 6.73. The van der Waals surface area contributed by atoms with Crippen LogP contribution in [0.5, 0.6) is 0 Å². The monoisotopic (exact) mass is 273 g/mol. The first kappa shape index (κ1) is 14.3. The molecule has 0 aromatic heterocycles. The molecule has 0 N–H and O–H groups in total. The second kappa shape index (κ2) is 5.91. The number of anilines is 1. The van der Waals surface area contributed by atoms with Gasteiger partial charge in [-0.3, -0.25) is 10.1 Å². The summed E-state index contributed by atoms with van der Waals surface area (Å²) in [7, 11) is 0. The zero-order valence-corrected chi connectivity index (χ0v) is 11.9. The van der Waals surface area contributed by atoms with Gasteiger partial charge in [-0.2, -0.15) is 5.26 Å². The molecule has 0 spiro atoms. The summed E-state index contributed by atoms with van der Waals surface area (Å²) in [4.78, 5) is 12.5. The highest BCUT2D eigenvalue weighted by Gasteiger charge is 2.23. The number of piperidine rings is 1. The van der Waals surface area contributed by atoms with Crippen molar-refractivity contribution in [3.05, 3.63) is 33.9 Å². The van der Waals surface area contributed by atoms with E-state index < -0.39 is 4.92 Å². The Kier molecular flexibility index (Phi) is 4.23. The largest absolute Gasteiger partial charge is 0.371 e. The minimum absolute atomic E-state index is 0.117. The molecule has 0 aliphatic carbocycles. The van der Waals surface area contributed by atoms with Crippen molar-refractivity contribution >= 4 is 11.4 Å². The van der Waals surface area contributed by atoms with Crippen LogP contribution in [0.3, 0.4) is 0 Å². The van der Waals surface area contributed by atoms with E-state index in [9.17, 15) is 10.1 Å². The van der Waals surface area contributed by atoms with E-state index in [1.807, 2.05) is 6.07 Å². The number of hydrogen-bond acceptors (Lipinski definition) is 4. The predicted octanol–water partition coefficient (Wildman–Crippen LogP) is 3.34. The van der Waals surface area contributed by atoms with E-state index in [4.69, 9.17) is 5.26 Å². The predicted molar refractivity (Wildman–Crippen MR) is 77.6 cm³/mol. The highest BCUT2D eigenvalue weighted by molar-refractivity contribution is 5.60. The summed E-state index contributed by atoms with van der Waals surface area (Å²) in [6.45, 7) is 6.40. The van der Waals surface area contributed by atoms with Crippen LogP contribution >= 0.6 is 0 Å². The fraction of sp³-hybridized carbons (Fsp3) is 0.533. The van der Waals surface area contributed by atoms with Crippen molar-refractivity contribution < 1.29 is 4.92 Å². The van der Waals surface area contributed by atoms with Gasteiger partial charge in [0.1, 0.15) is 11.6 Å². The summed E-state index contributed by atoms with van der Waals surface area (Å²) >= 11 is 0. The Morgan fingerprint density at radius 1 is 1.40 bits per heavy atom. The highest BCUT2D eigenvalue weighted by Crippen LogP contribution is 2.30. The maximum absolute atomic E-state index is 10.8. The van der Waals surface area contributed by atoms with E-state index in [0.29, 0.717) is 5.92 Å². The zero-order valence-electron chi connectivity index (χ0n) is 11.9. The molecule has 0 atom stereocenters. The third kappa shape index (κ3) is 2.90. The lowest BCUT2D eigenvalue weighted by Gasteiger charge is -2.35. The standard InChI is InChI=1S/C15H19N3O2/c1-11(2)12-5-7-17(8-6-12)14-3-4-15(18(19)20)13(9-14)10-16/h3-4,9,11-12H,5-8H2,1-2H3. The smallest absolute Gasteiger partial charge is 0.287 e. The molecular weight excluding hydrogens is 254 g/mol. The Hall–Kier alpha value is -2.09. The van der Waals surface area contributed by atoms with Crippen molar-refractivity contribution in [2.24, 2.45) is 11.8 Å². The number of benzene rings is 1. The Morgan fingerprint density at radius 2 is 2.05 bits per heavy atom. The number of nitro benzene ring substituents is 1. The van der Waals surface area contributed by atoms with Crippen LogP contribution in [-0.2, 0) is 0 Å². The van der Waals surface area contributed by atoms with Crippen LogP contribution in [-0.4, -0.2) is 18.0 Å². The van der Waals surface area contributed by atoms with Gasteiger partial charge in [0, 0.05) is 24.8 Å². The summed E-state index contributed by atoms with van der Waals surface area (Å²) in [5.74, 6) is 1.45. The molecule has 106 valence electrons. The zero-order chi connectivity index (χ0) is 14.7. The van der Waals surface area contributed by atoms with E-state index in [-0.39, 0.29) is 11.3 Å². The van der Waals surface area contributed by atoms with E-state index in [1.54, 1.807) is 12.1 Å². The second-order valence-corrected chi connectivity index (χ2v) is 5.64. The number of nitrogens with zero attached hydrogens (tertiary/aromatic N) is 3. The molecule has 20 heavy (non-hydrogen) atoms. The molecule has 0 unspecified atom stereocenters. The van der Waals surface area contributed by atoms with Crippen LogP contribution in [0.15, 0.2) is 18.2 Å². The van der Waals surface area contributed by atoms with Gasteiger partial charge in [-0.25, -0.2) is 0 Å². The highest BCUT2D eigenvalue weighted by atomic mass is 16.6. The number of nitriles is 1. The van der Waals surface area contributed by atoms with Gasteiger partial charge in [0.2, 0.25) is 0 Å². The minimum atomic E-state index is -0.507. The minimum Gasteiger partial charge on any atom is -0.371 e. The third-order valence-electron chi connectivity index (χ3n) is 4.14. The van der Waals surface area contributed by atoms with Crippen molar-refractivity contribution in [1.29, 1.82) is 5.26 Å². The maximum atomic E-state index is 10.8. The summed E-state index contributed by atoms with van der Waals surface area (Å²) in [5.41, 5.74) is 0.932. The molecule has 1 aromatic rings. The fourth-order valence-corrected chi connectivity index (χ4v) is 2.79. The molecule has 1 aromatic carbocycles. The second-order valence-electron chi connectivity index (χ2n) is 5.64. The van der Waals surface area contributed by atoms with Gasteiger partial charge in [-0.1, -0.05) is 13.8 Å². The van der Waals surface area contributed by atoms with Crippen LogP contribution < -0.4 is 4.90 Å².